The Hall–Kier alpha value is -2.71. The van der Waals surface area contributed by atoms with Gasteiger partial charge >= 0.3 is 0 Å². The predicted molar refractivity (Wildman–Crippen MR) is 95.6 cm³/mol. The molecule has 9 heteroatoms. The van der Waals surface area contributed by atoms with Gasteiger partial charge in [-0.05, 0) is 38.0 Å². The molecule has 3 N–H and O–H groups in total. The number of carbonyl (C=O) groups is 2. The summed E-state index contributed by atoms with van der Waals surface area (Å²) in [5.41, 5.74) is 6.11. The number of oxime groups is 1. The average Bonchev–Trinajstić information content (AvgIpc) is 2.61. The number of nitrogens with one attached hydrogen (secondary N) is 1. The number of nitrogens with two attached hydrogens (primary N) is 1. The normalized spacial score (nSPS) is 19.8. The van der Waals surface area contributed by atoms with E-state index in [2.05, 4.69) is 25.3 Å². The quantitative estimate of drug-likeness (QED) is 0.591. The fraction of sp³-hybridized carbons (Fsp3) is 0.588. The highest BCUT2D eigenvalue weighted by Gasteiger charge is 2.46. The van der Waals surface area contributed by atoms with Gasteiger partial charge in [-0.3, -0.25) is 9.59 Å². The van der Waals surface area contributed by atoms with Crippen LogP contribution in [0.4, 0.5) is 5.82 Å². The summed E-state index contributed by atoms with van der Waals surface area (Å²) in [7, 11) is 1.44. The zero-order chi connectivity index (χ0) is 18.7. The fourth-order valence-electron chi connectivity index (χ4n) is 3.86. The summed E-state index contributed by atoms with van der Waals surface area (Å²) in [6.45, 7) is 3.14. The molecule has 1 saturated heterocycles. The minimum absolute atomic E-state index is 0.0596. The van der Waals surface area contributed by atoms with Crippen LogP contribution in [0.25, 0.3) is 0 Å². The number of aromatic nitrogens is 2. The van der Waals surface area contributed by atoms with Crippen molar-refractivity contribution < 1.29 is 14.4 Å². The van der Waals surface area contributed by atoms with Crippen LogP contribution in [0, 0.1) is 5.41 Å². The van der Waals surface area contributed by atoms with Crippen LogP contribution in [-0.2, 0) is 9.63 Å². The minimum atomic E-state index is -0.565. The average molecular weight is 360 g/mol. The zero-order valence-corrected chi connectivity index (χ0v) is 15.1. The van der Waals surface area contributed by atoms with E-state index in [4.69, 9.17) is 5.73 Å². The number of likely N-dealkylation sites (tertiary alicyclic amines) is 1. The highest BCUT2D eigenvalue weighted by Crippen LogP contribution is 2.49. The van der Waals surface area contributed by atoms with Crippen LogP contribution in [0.2, 0.25) is 0 Å². The second kappa shape index (κ2) is 7.27. The van der Waals surface area contributed by atoms with Gasteiger partial charge in [-0.1, -0.05) is 5.16 Å². The van der Waals surface area contributed by atoms with Crippen LogP contribution in [0.3, 0.4) is 0 Å². The van der Waals surface area contributed by atoms with Crippen LogP contribution < -0.4 is 11.1 Å². The number of anilines is 1. The Morgan fingerprint density at radius 3 is 2.65 bits per heavy atom. The largest absolute Gasteiger partial charge is 0.399 e. The van der Waals surface area contributed by atoms with Gasteiger partial charge < -0.3 is 20.8 Å². The van der Waals surface area contributed by atoms with Crippen LogP contribution in [0.5, 0.6) is 0 Å². The van der Waals surface area contributed by atoms with Gasteiger partial charge in [-0.25, -0.2) is 9.97 Å². The van der Waals surface area contributed by atoms with Gasteiger partial charge in [-0.2, -0.15) is 0 Å². The maximum absolute atomic E-state index is 12.2. The summed E-state index contributed by atoms with van der Waals surface area (Å²) in [6, 6.07) is 1.89. The molecule has 1 aromatic heterocycles. The van der Waals surface area contributed by atoms with Crippen molar-refractivity contribution in [3.63, 3.8) is 0 Å². The van der Waals surface area contributed by atoms with E-state index in [9.17, 15) is 9.59 Å². The predicted octanol–water partition coefficient (Wildman–Crippen LogP) is 0.781. The van der Waals surface area contributed by atoms with Crippen molar-refractivity contribution in [3.05, 3.63) is 18.1 Å². The maximum atomic E-state index is 12.2. The molecule has 9 nitrogen and oxygen atoms in total. The summed E-state index contributed by atoms with van der Waals surface area (Å²) in [5.74, 6) is -0.00629. The molecule has 1 spiro atoms. The smallest absolute Gasteiger partial charge is 0.271 e. The Bertz CT molecular complexity index is 719. The van der Waals surface area contributed by atoms with Gasteiger partial charge in [0.1, 0.15) is 30.7 Å². The van der Waals surface area contributed by atoms with Gasteiger partial charge in [0.15, 0.2) is 0 Å². The molecule has 2 aliphatic rings. The molecule has 2 heterocycles. The van der Waals surface area contributed by atoms with E-state index in [1.54, 1.807) is 13.0 Å². The van der Waals surface area contributed by atoms with Gasteiger partial charge in [0.05, 0.1) is 0 Å². The molecule has 0 atom stereocenters. The van der Waals surface area contributed by atoms with Crippen LogP contribution in [0.15, 0.2) is 17.5 Å². The van der Waals surface area contributed by atoms with E-state index in [1.165, 1.54) is 13.4 Å². The van der Waals surface area contributed by atoms with E-state index in [-0.39, 0.29) is 17.0 Å². The molecule has 3 rings (SSSR count). The van der Waals surface area contributed by atoms with Crippen molar-refractivity contribution in [1.29, 1.82) is 0 Å². The third-order valence-electron chi connectivity index (χ3n) is 5.28. The van der Waals surface area contributed by atoms with E-state index in [0.29, 0.717) is 17.6 Å². The molecule has 2 fully saturated rings. The Labute approximate surface area is 152 Å². The summed E-state index contributed by atoms with van der Waals surface area (Å²) in [6.07, 6.45) is 5.35. The number of nitrogens with zero attached hydrogens (tertiary/aromatic N) is 4. The lowest BCUT2D eigenvalue weighted by atomic mass is 9.60. The molecular weight excluding hydrogens is 336 g/mol. The number of amides is 2. The van der Waals surface area contributed by atoms with E-state index >= 15 is 0 Å². The third kappa shape index (κ3) is 3.76. The fourth-order valence-corrected chi connectivity index (χ4v) is 3.86. The zero-order valence-electron chi connectivity index (χ0n) is 15.1. The number of hydrogen-bond donors (Lipinski definition) is 2. The molecule has 26 heavy (non-hydrogen) atoms. The first-order chi connectivity index (χ1) is 12.4. The highest BCUT2D eigenvalue weighted by atomic mass is 16.6. The second-order valence-corrected chi connectivity index (χ2v) is 7.05. The van der Waals surface area contributed by atoms with Crippen molar-refractivity contribution >= 4 is 23.3 Å². The molecule has 1 aromatic rings. The van der Waals surface area contributed by atoms with Gasteiger partial charge in [0.2, 0.25) is 0 Å². The van der Waals surface area contributed by atoms with Crippen molar-refractivity contribution in [2.45, 2.75) is 38.6 Å². The summed E-state index contributed by atoms with van der Waals surface area (Å²) >= 11 is 0. The highest BCUT2D eigenvalue weighted by molar-refractivity contribution is 6.37. The number of rotatable bonds is 5. The maximum Gasteiger partial charge on any atom is 0.271 e. The van der Waals surface area contributed by atoms with E-state index in [1.807, 2.05) is 4.90 Å². The standard InChI is InChI=1S/C17H24N6O3/c1-11(22-26-2)16(25)23-5-3-17(4-6-23)8-12(9-17)21-14-7-13(15(18)24)19-10-20-14/h7,10,12H,3-6,8-9H2,1-2H3,(H2,18,24)(H,19,20,21). The molecule has 0 unspecified atom stereocenters. The first-order valence-electron chi connectivity index (χ1n) is 8.68. The van der Waals surface area contributed by atoms with Crippen molar-refractivity contribution in [3.8, 4) is 0 Å². The molecule has 0 aromatic carbocycles. The Balaban J connectivity index is 1.50. The number of hydrogen-bond acceptors (Lipinski definition) is 7. The van der Waals surface area contributed by atoms with Gasteiger partial charge in [-0.15, -0.1) is 0 Å². The topological polar surface area (TPSA) is 123 Å². The molecule has 1 aliphatic heterocycles. The Morgan fingerprint density at radius 2 is 2.04 bits per heavy atom. The van der Waals surface area contributed by atoms with Crippen molar-refractivity contribution in [2.75, 3.05) is 25.5 Å². The number of primary amides is 1. The van der Waals surface area contributed by atoms with Crippen LogP contribution in [0.1, 0.15) is 43.1 Å². The molecular formula is C17H24N6O3. The van der Waals surface area contributed by atoms with E-state index in [0.717, 1.165) is 38.8 Å². The molecule has 0 bridgehead atoms. The molecule has 1 aliphatic carbocycles. The van der Waals surface area contributed by atoms with Gasteiger partial charge in [0.25, 0.3) is 11.8 Å². The Kier molecular flexibility index (Phi) is 5.06. The molecule has 140 valence electrons. The van der Waals surface area contributed by atoms with Gasteiger partial charge in [0, 0.05) is 25.2 Å². The molecule has 1 saturated carbocycles. The lowest BCUT2D eigenvalue weighted by Crippen LogP contribution is -2.53. The number of carbonyl (C=O) groups excluding carboxylic acids is 2. The monoisotopic (exact) mass is 360 g/mol. The summed E-state index contributed by atoms with van der Waals surface area (Å²) in [4.78, 5) is 37.9. The van der Waals surface area contributed by atoms with Crippen LogP contribution >= 0.6 is 0 Å². The van der Waals surface area contributed by atoms with E-state index < -0.39 is 5.91 Å². The Morgan fingerprint density at radius 1 is 1.35 bits per heavy atom. The minimum Gasteiger partial charge on any atom is -0.399 e. The molecule has 2 amide bonds. The third-order valence-corrected chi connectivity index (χ3v) is 5.28. The lowest BCUT2D eigenvalue weighted by Gasteiger charge is -2.52. The first-order valence-corrected chi connectivity index (χ1v) is 8.68. The van der Waals surface area contributed by atoms with Crippen molar-refractivity contribution in [1.82, 2.24) is 14.9 Å². The SMILES string of the molecule is CON=C(C)C(=O)N1CCC2(CC1)CC(Nc1cc(C(N)=O)ncn1)C2. The van der Waals surface area contributed by atoms with Crippen molar-refractivity contribution in [2.24, 2.45) is 16.3 Å². The first kappa shape index (κ1) is 18.1. The summed E-state index contributed by atoms with van der Waals surface area (Å²) in [5, 5.41) is 7.06. The summed E-state index contributed by atoms with van der Waals surface area (Å²) < 4.78 is 0. The molecule has 0 radical (unpaired) electrons. The second-order valence-electron chi connectivity index (χ2n) is 7.05. The lowest BCUT2D eigenvalue weighted by molar-refractivity contribution is -0.127. The number of piperidine rings is 1. The van der Waals surface area contributed by atoms with Crippen LogP contribution in [-0.4, -0.2) is 58.6 Å².